The number of ether oxygens (including phenoxy) is 1. The minimum Gasteiger partial charge on any atom is -0.507 e. The lowest BCUT2D eigenvalue weighted by Crippen LogP contribution is -2.10. The predicted molar refractivity (Wildman–Crippen MR) is 67.5 cm³/mol. The molecule has 0 aliphatic rings. The van der Waals surface area contributed by atoms with Gasteiger partial charge < -0.3 is 9.84 Å². The van der Waals surface area contributed by atoms with E-state index in [0.717, 1.165) is 34.4 Å². The van der Waals surface area contributed by atoms with E-state index in [4.69, 9.17) is 4.74 Å². The normalized spacial score (nSPS) is 10.9. The van der Waals surface area contributed by atoms with Gasteiger partial charge in [-0.1, -0.05) is 6.92 Å². The summed E-state index contributed by atoms with van der Waals surface area (Å²) < 4.78 is 5.87. The SMILES string of the molecule is CCc1c(C)c(O)c(C)c(C)c1OC(C)C. The summed E-state index contributed by atoms with van der Waals surface area (Å²) in [4.78, 5) is 0. The monoisotopic (exact) mass is 222 g/mol. The molecule has 0 saturated heterocycles. The van der Waals surface area contributed by atoms with Gasteiger partial charge in [0.05, 0.1) is 6.10 Å². The van der Waals surface area contributed by atoms with Crippen LogP contribution in [0.4, 0.5) is 0 Å². The van der Waals surface area contributed by atoms with Gasteiger partial charge in [0, 0.05) is 5.56 Å². The summed E-state index contributed by atoms with van der Waals surface area (Å²) >= 11 is 0. The molecule has 1 aromatic carbocycles. The summed E-state index contributed by atoms with van der Waals surface area (Å²) in [5, 5.41) is 10.0. The molecule has 90 valence electrons. The van der Waals surface area contributed by atoms with Crippen LogP contribution in [0.15, 0.2) is 0 Å². The molecular formula is C14H22O2. The molecule has 0 aliphatic heterocycles. The van der Waals surface area contributed by atoms with Gasteiger partial charge in [-0.05, 0) is 57.7 Å². The van der Waals surface area contributed by atoms with Crippen LogP contribution in [0.5, 0.6) is 11.5 Å². The predicted octanol–water partition coefficient (Wildman–Crippen LogP) is 3.67. The maximum atomic E-state index is 10.0. The van der Waals surface area contributed by atoms with Gasteiger partial charge in [0.15, 0.2) is 0 Å². The second kappa shape index (κ2) is 4.77. The molecule has 2 nitrogen and oxygen atoms in total. The Hall–Kier alpha value is -1.18. The van der Waals surface area contributed by atoms with Crippen molar-refractivity contribution in [3.8, 4) is 11.5 Å². The Morgan fingerprint density at radius 1 is 1.06 bits per heavy atom. The number of phenolic OH excluding ortho intramolecular Hbond substituents is 1. The van der Waals surface area contributed by atoms with Crippen LogP contribution in [-0.4, -0.2) is 11.2 Å². The van der Waals surface area contributed by atoms with Crippen molar-refractivity contribution in [3.05, 3.63) is 22.3 Å². The number of aromatic hydroxyl groups is 1. The van der Waals surface area contributed by atoms with E-state index < -0.39 is 0 Å². The Balaban J connectivity index is 3.44. The van der Waals surface area contributed by atoms with Crippen LogP contribution < -0.4 is 4.74 Å². The van der Waals surface area contributed by atoms with Gasteiger partial charge in [0.2, 0.25) is 0 Å². The zero-order valence-corrected chi connectivity index (χ0v) is 11.1. The van der Waals surface area contributed by atoms with Crippen LogP contribution in [0.2, 0.25) is 0 Å². The van der Waals surface area contributed by atoms with Crippen molar-refractivity contribution in [1.29, 1.82) is 0 Å². The van der Waals surface area contributed by atoms with Crippen LogP contribution in [0, 0.1) is 20.8 Å². The molecule has 2 heteroatoms. The minimum atomic E-state index is 0.160. The van der Waals surface area contributed by atoms with Crippen molar-refractivity contribution in [2.75, 3.05) is 0 Å². The van der Waals surface area contributed by atoms with Gasteiger partial charge in [0.1, 0.15) is 11.5 Å². The van der Waals surface area contributed by atoms with Crippen LogP contribution in [-0.2, 0) is 6.42 Å². The molecule has 0 radical (unpaired) electrons. The molecule has 0 unspecified atom stereocenters. The fourth-order valence-electron chi connectivity index (χ4n) is 1.99. The molecule has 0 fully saturated rings. The van der Waals surface area contributed by atoms with E-state index in [-0.39, 0.29) is 6.10 Å². The van der Waals surface area contributed by atoms with E-state index >= 15 is 0 Å². The van der Waals surface area contributed by atoms with Crippen molar-refractivity contribution >= 4 is 0 Å². The van der Waals surface area contributed by atoms with E-state index in [0.29, 0.717) is 5.75 Å². The fourth-order valence-corrected chi connectivity index (χ4v) is 1.99. The summed E-state index contributed by atoms with van der Waals surface area (Å²) in [5.41, 5.74) is 4.04. The van der Waals surface area contributed by atoms with Crippen molar-refractivity contribution in [2.24, 2.45) is 0 Å². The first-order valence-electron chi connectivity index (χ1n) is 5.88. The highest BCUT2D eigenvalue weighted by Gasteiger charge is 2.17. The first-order chi connectivity index (χ1) is 7.40. The molecule has 0 aliphatic carbocycles. The summed E-state index contributed by atoms with van der Waals surface area (Å²) in [6.45, 7) is 12.0. The lowest BCUT2D eigenvalue weighted by atomic mass is 9.96. The standard InChI is InChI=1S/C14H22O2/c1-7-12-11(6)13(15)9(4)10(5)14(12)16-8(2)3/h8,15H,7H2,1-6H3. The number of hydrogen-bond donors (Lipinski definition) is 1. The van der Waals surface area contributed by atoms with Gasteiger partial charge >= 0.3 is 0 Å². The van der Waals surface area contributed by atoms with E-state index in [1.54, 1.807) is 0 Å². The van der Waals surface area contributed by atoms with Crippen molar-refractivity contribution in [3.63, 3.8) is 0 Å². The molecule has 0 heterocycles. The molecule has 0 saturated carbocycles. The second-order valence-electron chi connectivity index (χ2n) is 4.55. The Morgan fingerprint density at radius 2 is 1.62 bits per heavy atom. The molecule has 0 spiro atoms. The molecule has 1 N–H and O–H groups in total. The first-order valence-corrected chi connectivity index (χ1v) is 5.88. The van der Waals surface area contributed by atoms with E-state index in [2.05, 4.69) is 6.92 Å². The number of hydrogen-bond acceptors (Lipinski definition) is 2. The van der Waals surface area contributed by atoms with E-state index in [9.17, 15) is 5.11 Å². The zero-order chi connectivity index (χ0) is 12.5. The smallest absolute Gasteiger partial charge is 0.126 e. The average molecular weight is 222 g/mol. The highest BCUT2D eigenvalue weighted by atomic mass is 16.5. The molecule has 0 aromatic heterocycles. The molecule has 1 rings (SSSR count). The summed E-state index contributed by atoms with van der Waals surface area (Å²) in [6.07, 6.45) is 1.04. The topological polar surface area (TPSA) is 29.5 Å². The lowest BCUT2D eigenvalue weighted by molar-refractivity contribution is 0.237. The molecule has 16 heavy (non-hydrogen) atoms. The number of benzene rings is 1. The van der Waals surface area contributed by atoms with Gasteiger partial charge in [-0.25, -0.2) is 0 Å². The molecule has 0 bridgehead atoms. The summed E-state index contributed by atoms with van der Waals surface area (Å²) in [7, 11) is 0. The largest absolute Gasteiger partial charge is 0.507 e. The van der Waals surface area contributed by atoms with Crippen molar-refractivity contribution in [2.45, 2.75) is 54.1 Å². The quantitative estimate of drug-likeness (QED) is 0.845. The zero-order valence-electron chi connectivity index (χ0n) is 11.1. The van der Waals surface area contributed by atoms with Crippen molar-refractivity contribution in [1.82, 2.24) is 0 Å². The first kappa shape index (κ1) is 12.9. The van der Waals surface area contributed by atoms with Gasteiger partial charge in [-0.2, -0.15) is 0 Å². The highest BCUT2D eigenvalue weighted by molar-refractivity contribution is 5.57. The lowest BCUT2D eigenvalue weighted by Gasteiger charge is -2.21. The van der Waals surface area contributed by atoms with Crippen LogP contribution in [0.25, 0.3) is 0 Å². The third-order valence-electron chi connectivity index (χ3n) is 3.05. The van der Waals surface area contributed by atoms with Crippen LogP contribution in [0.3, 0.4) is 0 Å². The van der Waals surface area contributed by atoms with E-state index in [1.807, 2.05) is 34.6 Å². The number of phenols is 1. The molecular weight excluding hydrogens is 200 g/mol. The van der Waals surface area contributed by atoms with Gasteiger partial charge in [-0.15, -0.1) is 0 Å². The van der Waals surface area contributed by atoms with Crippen LogP contribution in [0.1, 0.15) is 43.0 Å². The maximum absolute atomic E-state index is 10.0. The maximum Gasteiger partial charge on any atom is 0.126 e. The number of rotatable bonds is 3. The highest BCUT2D eigenvalue weighted by Crippen LogP contribution is 2.37. The Bertz CT molecular complexity index is 392. The third kappa shape index (κ3) is 2.16. The third-order valence-corrected chi connectivity index (χ3v) is 3.05. The summed E-state index contributed by atoms with van der Waals surface area (Å²) in [5.74, 6) is 1.36. The average Bonchev–Trinajstić information content (AvgIpc) is 2.23. The van der Waals surface area contributed by atoms with Gasteiger partial charge in [0.25, 0.3) is 0 Å². The molecule has 0 amide bonds. The van der Waals surface area contributed by atoms with E-state index in [1.165, 1.54) is 0 Å². The molecule has 0 atom stereocenters. The van der Waals surface area contributed by atoms with Crippen molar-refractivity contribution < 1.29 is 9.84 Å². The Morgan fingerprint density at radius 3 is 2.06 bits per heavy atom. The minimum absolute atomic E-state index is 0.160. The Labute approximate surface area is 98.3 Å². The second-order valence-corrected chi connectivity index (χ2v) is 4.55. The summed E-state index contributed by atoms with van der Waals surface area (Å²) in [6, 6.07) is 0. The molecule has 1 aromatic rings. The Kier molecular flexibility index (Phi) is 3.84. The fraction of sp³-hybridized carbons (Fsp3) is 0.571. The van der Waals surface area contributed by atoms with Crippen LogP contribution >= 0.6 is 0 Å². The van der Waals surface area contributed by atoms with Gasteiger partial charge in [-0.3, -0.25) is 0 Å².